The van der Waals surface area contributed by atoms with Gasteiger partial charge in [0.2, 0.25) is 5.22 Å². The summed E-state index contributed by atoms with van der Waals surface area (Å²) < 4.78 is 4.82. The minimum Gasteiger partial charge on any atom is -0.344 e. The Morgan fingerprint density at radius 2 is 2.00 bits per heavy atom. The van der Waals surface area contributed by atoms with E-state index in [0.717, 1.165) is 11.3 Å². The smallest absolute Gasteiger partial charge is 0.226 e. The van der Waals surface area contributed by atoms with Crippen molar-refractivity contribution in [2.45, 2.75) is 13.8 Å². The number of rotatable bonds is 1. The van der Waals surface area contributed by atoms with Gasteiger partial charge in [-0.1, -0.05) is 28.9 Å². The summed E-state index contributed by atoms with van der Waals surface area (Å²) in [6.45, 7) is 4.11. The standard InChI is InChI=1S/C11H10ClNO/c1-7-3-4-9(8(2)5-7)10-6-11(12)14-13-10/h3-6H,1-2H3. The van der Waals surface area contributed by atoms with Gasteiger partial charge in [0.1, 0.15) is 5.69 Å². The van der Waals surface area contributed by atoms with Crippen LogP contribution in [0.15, 0.2) is 28.8 Å². The van der Waals surface area contributed by atoms with Gasteiger partial charge < -0.3 is 4.52 Å². The molecule has 1 heterocycles. The molecule has 2 nitrogen and oxygen atoms in total. The number of aryl methyl sites for hydroxylation is 2. The quantitative estimate of drug-likeness (QED) is 0.714. The van der Waals surface area contributed by atoms with E-state index in [4.69, 9.17) is 16.1 Å². The maximum Gasteiger partial charge on any atom is 0.226 e. The van der Waals surface area contributed by atoms with Crippen LogP contribution >= 0.6 is 11.6 Å². The van der Waals surface area contributed by atoms with E-state index < -0.39 is 0 Å². The SMILES string of the molecule is Cc1ccc(-c2cc(Cl)on2)c(C)c1. The van der Waals surface area contributed by atoms with Crippen LogP contribution in [0.25, 0.3) is 11.3 Å². The van der Waals surface area contributed by atoms with Gasteiger partial charge >= 0.3 is 0 Å². The monoisotopic (exact) mass is 207 g/mol. The first-order chi connectivity index (χ1) is 6.66. The van der Waals surface area contributed by atoms with Crippen LogP contribution in [0, 0.1) is 13.8 Å². The van der Waals surface area contributed by atoms with Crippen LogP contribution in [-0.2, 0) is 0 Å². The Morgan fingerprint density at radius 1 is 1.21 bits per heavy atom. The van der Waals surface area contributed by atoms with Gasteiger partial charge in [0.25, 0.3) is 0 Å². The highest BCUT2D eigenvalue weighted by Crippen LogP contribution is 2.25. The molecule has 0 saturated carbocycles. The molecule has 14 heavy (non-hydrogen) atoms. The molecular weight excluding hydrogens is 198 g/mol. The maximum absolute atomic E-state index is 5.66. The first-order valence-electron chi connectivity index (χ1n) is 4.36. The predicted molar refractivity (Wildman–Crippen MR) is 56.4 cm³/mol. The van der Waals surface area contributed by atoms with Gasteiger partial charge in [-0.05, 0) is 31.0 Å². The van der Waals surface area contributed by atoms with E-state index in [1.165, 1.54) is 11.1 Å². The zero-order chi connectivity index (χ0) is 10.1. The Balaban J connectivity index is 2.52. The summed E-state index contributed by atoms with van der Waals surface area (Å²) in [6.07, 6.45) is 0. The van der Waals surface area contributed by atoms with E-state index >= 15 is 0 Å². The first-order valence-corrected chi connectivity index (χ1v) is 4.74. The fourth-order valence-electron chi connectivity index (χ4n) is 1.48. The van der Waals surface area contributed by atoms with Crippen molar-refractivity contribution in [2.24, 2.45) is 0 Å². The summed E-state index contributed by atoms with van der Waals surface area (Å²) in [5, 5.41) is 4.19. The van der Waals surface area contributed by atoms with Gasteiger partial charge in [-0.25, -0.2) is 0 Å². The van der Waals surface area contributed by atoms with Gasteiger partial charge in [0, 0.05) is 11.6 Å². The molecule has 0 unspecified atom stereocenters. The van der Waals surface area contributed by atoms with Crippen molar-refractivity contribution in [1.82, 2.24) is 5.16 Å². The molecule has 0 spiro atoms. The maximum atomic E-state index is 5.66. The second kappa shape index (κ2) is 3.46. The summed E-state index contributed by atoms with van der Waals surface area (Å²) in [5.74, 6) is 0. The highest BCUT2D eigenvalue weighted by atomic mass is 35.5. The number of hydrogen-bond donors (Lipinski definition) is 0. The van der Waals surface area contributed by atoms with Crippen LogP contribution < -0.4 is 0 Å². The van der Waals surface area contributed by atoms with Gasteiger partial charge in [0.05, 0.1) is 0 Å². The van der Waals surface area contributed by atoms with Crippen molar-refractivity contribution in [3.63, 3.8) is 0 Å². The summed E-state index contributed by atoms with van der Waals surface area (Å²) in [6, 6.07) is 7.90. The highest BCUT2D eigenvalue weighted by molar-refractivity contribution is 6.29. The molecule has 0 aliphatic carbocycles. The lowest BCUT2D eigenvalue weighted by atomic mass is 10.0. The number of benzene rings is 1. The van der Waals surface area contributed by atoms with E-state index in [-0.39, 0.29) is 0 Å². The topological polar surface area (TPSA) is 26.0 Å². The summed E-state index contributed by atoms with van der Waals surface area (Å²) in [4.78, 5) is 0. The van der Waals surface area contributed by atoms with Crippen molar-refractivity contribution in [3.8, 4) is 11.3 Å². The number of hydrogen-bond acceptors (Lipinski definition) is 2. The third-order valence-corrected chi connectivity index (χ3v) is 2.32. The minimum absolute atomic E-state index is 0.319. The first kappa shape index (κ1) is 9.28. The van der Waals surface area contributed by atoms with Crippen molar-refractivity contribution in [1.29, 1.82) is 0 Å². The molecule has 0 radical (unpaired) electrons. The zero-order valence-electron chi connectivity index (χ0n) is 8.04. The molecule has 0 fully saturated rings. The molecule has 0 atom stereocenters. The minimum atomic E-state index is 0.319. The fourth-order valence-corrected chi connectivity index (χ4v) is 1.62. The van der Waals surface area contributed by atoms with Crippen LogP contribution in [0.5, 0.6) is 0 Å². The molecular formula is C11H10ClNO. The number of aromatic nitrogens is 1. The van der Waals surface area contributed by atoms with Crippen LogP contribution in [0.2, 0.25) is 5.22 Å². The fraction of sp³-hybridized carbons (Fsp3) is 0.182. The third-order valence-electron chi connectivity index (χ3n) is 2.14. The lowest BCUT2D eigenvalue weighted by Gasteiger charge is -2.02. The molecule has 0 aliphatic rings. The zero-order valence-corrected chi connectivity index (χ0v) is 8.80. The van der Waals surface area contributed by atoms with E-state index in [1.807, 2.05) is 19.1 Å². The lowest BCUT2D eigenvalue weighted by molar-refractivity contribution is 0.424. The van der Waals surface area contributed by atoms with Gasteiger partial charge in [-0.2, -0.15) is 0 Å². The van der Waals surface area contributed by atoms with Gasteiger partial charge in [0.15, 0.2) is 0 Å². The molecule has 0 bridgehead atoms. The van der Waals surface area contributed by atoms with E-state index in [1.54, 1.807) is 6.07 Å². The molecule has 72 valence electrons. The molecule has 0 aliphatic heterocycles. The molecule has 0 amide bonds. The normalized spacial score (nSPS) is 10.5. The molecule has 0 N–H and O–H groups in total. The second-order valence-corrected chi connectivity index (χ2v) is 3.71. The number of halogens is 1. The second-order valence-electron chi connectivity index (χ2n) is 3.33. The van der Waals surface area contributed by atoms with E-state index in [0.29, 0.717) is 5.22 Å². The molecule has 2 aromatic rings. The van der Waals surface area contributed by atoms with Crippen molar-refractivity contribution in [2.75, 3.05) is 0 Å². The molecule has 1 aromatic heterocycles. The summed E-state index contributed by atoms with van der Waals surface area (Å²) in [5.41, 5.74) is 4.26. The average Bonchev–Trinajstić information content (AvgIpc) is 2.51. The molecule has 1 aromatic carbocycles. The molecule has 2 rings (SSSR count). The predicted octanol–water partition coefficient (Wildman–Crippen LogP) is 3.61. The van der Waals surface area contributed by atoms with Crippen molar-refractivity contribution in [3.05, 3.63) is 40.6 Å². The third kappa shape index (κ3) is 1.66. The van der Waals surface area contributed by atoms with E-state index in [2.05, 4.69) is 18.1 Å². The van der Waals surface area contributed by atoms with Gasteiger partial charge in [-0.3, -0.25) is 0 Å². The van der Waals surface area contributed by atoms with Crippen molar-refractivity contribution >= 4 is 11.6 Å². The van der Waals surface area contributed by atoms with Crippen LogP contribution in [0.4, 0.5) is 0 Å². The molecule has 0 saturated heterocycles. The molecule has 3 heteroatoms. The van der Waals surface area contributed by atoms with Crippen molar-refractivity contribution < 1.29 is 4.52 Å². The number of nitrogens with zero attached hydrogens (tertiary/aromatic N) is 1. The van der Waals surface area contributed by atoms with Crippen LogP contribution in [0.3, 0.4) is 0 Å². The Morgan fingerprint density at radius 3 is 2.57 bits per heavy atom. The highest BCUT2D eigenvalue weighted by Gasteiger charge is 2.07. The van der Waals surface area contributed by atoms with Crippen LogP contribution in [-0.4, -0.2) is 5.16 Å². The average molecular weight is 208 g/mol. The van der Waals surface area contributed by atoms with E-state index in [9.17, 15) is 0 Å². The Kier molecular flexibility index (Phi) is 2.30. The Labute approximate surface area is 87.5 Å². The summed E-state index contributed by atoms with van der Waals surface area (Å²) >= 11 is 5.66. The summed E-state index contributed by atoms with van der Waals surface area (Å²) in [7, 11) is 0. The van der Waals surface area contributed by atoms with Crippen LogP contribution in [0.1, 0.15) is 11.1 Å². The Bertz CT molecular complexity index is 462. The lowest BCUT2D eigenvalue weighted by Crippen LogP contribution is -1.83. The largest absolute Gasteiger partial charge is 0.344 e. The Hall–Kier alpha value is -1.28. The van der Waals surface area contributed by atoms with Gasteiger partial charge in [-0.15, -0.1) is 0 Å².